The third-order valence-electron chi connectivity index (χ3n) is 4.50. The van der Waals surface area contributed by atoms with E-state index in [0.717, 1.165) is 24.4 Å². The molecular weight excluding hydrogens is 361 g/mol. The maximum absolute atomic E-state index is 12.8. The van der Waals surface area contributed by atoms with Gasteiger partial charge in [-0.05, 0) is 37.0 Å². The van der Waals surface area contributed by atoms with Gasteiger partial charge in [0.05, 0.1) is 5.56 Å². The van der Waals surface area contributed by atoms with Gasteiger partial charge in [-0.1, -0.05) is 32.6 Å². The van der Waals surface area contributed by atoms with Crippen molar-refractivity contribution in [3.63, 3.8) is 0 Å². The molecule has 0 spiro atoms. The molecule has 2 aromatic rings. The van der Waals surface area contributed by atoms with Gasteiger partial charge in [0, 0.05) is 24.4 Å². The van der Waals surface area contributed by atoms with Crippen LogP contribution in [0.15, 0.2) is 30.6 Å². The monoisotopic (exact) mass is 385 g/mol. The van der Waals surface area contributed by atoms with Gasteiger partial charge in [-0.3, -0.25) is 0 Å². The molecule has 0 saturated heterocycles. The summed E-state index contributed by atoms with van der Waals surface area (Å²) in [5.41, 5.74) is 1.12. The molecule has 0 amide bonds. The van der Waals surface area contributed by atoms with E-state index >= 15 is 0 Å². The minimum atomic E-state index is -1.52. The number of carboxylic acid groups (broad SMARTS) is 1. The van der Waals surface area contributed by atoms with Crippen molar-refractivity contribution in [2.24, 2.45) is 0 Å². The van der Waals surface area contributed by atoms with Crippen LogP contribution in [0.3, 0.4) is 0 Å². The largest absolute Gasteiger partial charge is 0.511 e. The van der Waals surface area contributed by atoms with Gasteiger partial charge >= 0.3 is 6.16 Å². The van der Waals surface area contributed by atoms with E-state index in [-0.39, 0.29) is 11.3 Å². The Hall–Kier alpha value is -3.01. The number of hydrogen-bond acceptors (Lipinski definition) is 5. The number of aryl methyl sites for hydroxylation is 1. The molecule has 0 aliphatic heterocycles. The Balaban J connectivity index is 0.000000203. The third kappa shape index (κ3) is 6.62. The van der Waals surface area contributed by atoms with Crippen LogP contribution in [0.2, 0.25) is 0 Å². The maximum atomic E-state index is 12.8. The normalized spacial score (nSPS) is 13.8. The highest BCUT2D eigenvalue weighted by Crippen LogP contribution is 2.30. The molecule has 0 bridgehead atoms. The fraction of sp³-hybridized carbons (Fsp3) is 0.429. The molecule has 0 radical (unpaired) electrons. The van der Waals surface area contributed by atoms with Gasteiger partial charge in [-0.15, -0.1) is 0 Å². The summed E-state index contributed by atoms with van der Waals surface area (Å²) in [7, 11) is 0. The van der Waals surface area contributed by atoms with Crippen LogP contribution in [0.1, 0.15) is 68.3 Å². The zero-order valence-electron chi connectivity index (χ0n) is 15.9. The zero-order valence-corrected chi connectivity index (χ0v) is 15.9. The molecule has 1 heterocycles. The average Bonchev–Trinajstić information content (AvgIpc) is 2.70. The lowest BCUT2D eigenvalue weighted by Crippen LogP contribution is -2.08. The minimum absolute atomic E-state index is 0.149. The van der Waals surface area contributed by atoms with E-state index in [4.69, 9.17) is 10.4 Å². The van der Waals surface area contributed by atoms with Gasteiger partial charge in [-0.25, -0.2) is 19.2 Å². The van der Waals surface area contributed by atoms with E-state index in [1.54, 1.807) is 6.07 Å². The molecule has 1 saturated carbocycles. The fourth-order valence-electron chi connectivity index (χ4n) is 3.10. The van der Waals surface area contributed by atoms with Crippen LogP contribution in [0, 0.1) is 17.1 Å². The van der Waals surface area contributed by atoms with Crippen LogP contribution in [-0.2, 0) is 6.42 Å². The molecule has 0 unspecified atom stereocenters. The zero-order chi connectivity index (χ0) is 20.4. The lowest BCUT2D eigenvalue weighted by molar-refractivity contribution is 0.144. The number of hydrogen-bond donors (Lipinski definition) is 1. The first kappa shape index (κ1) is 21.3. The molecule has 6 nitrogen and oxygen atoms in total. The SMILES string of the molecule is CCCc1cnc(C2CCCCC2)nc1.N#Cc1ccc(OC(=O)O)cc1F. The van der Waals surface area contributed by atoms with Crippen LogP contribution in [-0.4, -0.2) is 21.2 Å². The van der Waals surface area contributed by atoms with Gasteiger partial charge in [0.15, 0.2) is 0 Å². The summed E-state index contributed by atoms with van der Waals surface area (Å²) < 4.78 is 17.0. The van der Waals surface area contributed by atoms with Crippen molar-refractivity contribution >= 4 is 6.16 Å². The van der Waals surface area contributed by atoms with Crippen LogP contribution in [0.25, 0.3) is 0 Å². The second-order valence-electron chi connectivity index (χ2n) is 6.66. The summed E-state index contributed by atoms with van der Waals surface area (Å²) in [5.74, 6) is 0.759. The van der Waals surface area contributed by atoms with Gasteiger partial charge < -0.3 is 9.84 Å². The number of nitrogens with zero attached hydrogens (tertiary/aromatic N) is 3. The predicted octanol–water partition coefficient (Wildman–Crippen LogP) is 5.23. The Morgan fingerprint density at radius 3 is 2.50 bits per heavy atom. The first-order chi connectivity index (χ1) is 13.5. The molecule has 0 atom stereocenters. The molecule has 1 aromatic heterocycles. The van der Waals surface area contributed by atoms with Crippen LogP contribution >= 0.6 is 0 Å². The highest BCUT2D eigenvalue weighted by Gasteiger charge is 2.17. The van der Waals surface area contributed by atoms with Crippen molar-refractivity contribution in [3.05, 3.63) is 53.4 Å². The lowest BCUT2D eigenvalue weighted by Gasteiger charge is -2.19. The van der Waals surface area contributed by atoms with Crippen LogP contribution in [0.5, 0.6) is 5.75 Å². The van der Waals surface area contributed by atoms with Gasteiger partial charge in [-0.2, -0.15) is 5.26 Å². The smallest absolute Gasteiger partial charge is 0.449 e. The van der Waals surface area contributed by atoms with E-state index in [9.17, 15) is 9.18 Å². The summed E-state index contributed by atoms with van der Waals surface area (Å²) in [6.07, 6.45) is 11.4. The molecular formula is C21H24FN3O3. The highest BCUT2D eigenvalue weighted by molar-refractivity contribution is 5.61. The van der Waals surface area contributed by atoms with E-state index in [2.05, 4.69) is 21.6 Å². The summed E-state index contributed by atoms with van der Waals surface area (Å²) in [5, 5.41) is 16.5. The number of benzene rings is 1. The van der Waals surface area contributed by atoms with Crippen LogP contribution < -0.4 is 4.74 Å². The number of aromatic nitrogens is 2. The summed E-state index contributed by atoms with van der Waals surface area (Å²) >= 11 is 0. The van der Waals surface area contributed by atoms with Crippen molar-refractivity contribution in [2.75, 3.05) is 0 Å². The molecule has 1 fully saturated rings. The molecule has 1 aliphatic carbocycles. The topological polar surface area (TPSA) is 96.1 Å². The quantitative estimate of drug-likeness (QED) is 0.572. The molecule has 28 heavy (non-hydrogen) atoms. The minimum Gasteiger partial charge on any atom is -0.449 e. The summed E-state index contributed by atoms with van der Waals surface area (Å²) in [6.45, 7) is 2.19. The van der Waals surface area contributed by atoms with E-state index in [1.807, 2.05) is 12.4 Å². The van der Waals surface area contributed by atoms with Crippen molar-refractivity contribution < 1.29 is 19.0 Å². The Labute approximate surface area is 164 Å². The van der Waals surface area contributed by atoms with E-state index in [1.165, 1.54) is 50.2 Å². The van der Waals surface area contributed by atoms with E-state index < -0.39 is 12.0 Å². The number of halogens is 1. The fourth-order valence-corrected chi connectivity index (χ4v) is 3.10. The van der Waals surface area contributed by atoms with Crippen molar-refractivity contribution in [1.82, 2.24) is 9.97 Å². The molecule has 7 heteroatoms. The Kier molecular flexibility index (Phi) is 8.35. The Morgan fingerprint density at radius 2 is 1.96 bits per heavy atom. The van der Waals surface area contributed by atoms with Crippen molar-refractivity contribution in [3.8, 4) is 11.8 Å². The standard InChI is InChI=1S/C13H20N2.C8H4FNO3/c1-2-6-11-9-14-13(15-10-11)12-7-4-3-5-8-12;9-7-3-6(13-8(11)12)2-1-5(7)4-10/h9-10,12H,2-8H2,1H3;1-3H,(H,11,12). The van der Waals surface area contributed by atoms with E-state index in [0.29, 0.717) is 5.92 Å². The molecule has 1 N–H and O–H groups in total. The molecule has 148 valence electrons. The number of ether oxygens (including phenoxy) is 1. The van der Waals surface area contributed by atoms with Crippen molar-refractivity contribution in [2.45, 2.75) is 57.8 Å². The maximum Gasteiger partial charge on any atom is 0.511 e. The molecule has 3 rings (SSSR count). The van der Waals surface area contributed by atoms with Gasteiger partial charge in [0.1, 0.15) is 23.5 Å². The Morgan fingerprint density at radius 1 is 1.29 bits per heavy atom. The lowest BCUT2D eigenvalue weighted by atomic mass is 9.89. The molecule has 1 aliphatic rings. The third-order valence-corrected chi connectivity index (χ3v) is 4.50. The van der Waals surface area contributed by atoms with Crippen molar-refractivity contribution in [1.29, 1.82) is 5.26 Å². The summed E-state index contributed by atoms with van der Waals surface area (Å²) in [4.78, 5) is 19.0. The average molecular weight is 385 g/mol. The Bertz CT molecular complexity index is 813. The summed E-state index contributed by atoms with van der Waals surface area (Å²) in [6, 6.07) is 4.79. The first-order valence-electron chi connectivity index (χ1n) is 9.44. The molecule has 1 aromatic carbocycles. The van der Waals surface area contributed by atoms with Gasteiger partial charge in [0.2, 0.25) is 0 Å². The highest BCUT2D eigenvalue weighted by atomic mass is 19.1. The number of carbonyl (C=O) groups is 1. The second-order valence-corrected chi connectivity index (χ2v) is 6.66. The second kappa shape index (κ2) is 11.0. The number of rotatable bonds is 4. The first-order valence-corrected chi connectivity index (χ1v) is 9.44. The van der Waals surface area contributed by atoms with Crippen LogP contribution in [0.4, 0.5) is 9.18 Å². The predicted molar refractivity (Wildman–Crippen MR) is 102 cm³/mol. The number of nitriles is 1. The van der Waals surface area contributed by atoms with Gasteiger partial charge in [0.25, 0.3) is 0 Å².